The van der Waals surface area contributed by atoms with E-state index in [-0.39, 0.29) is 47.7 Å². The third-order valence-corrected chi connectivity index (χ3v) is 4.12. The van der Waals surface area contributed by atoms with Crippen LogP contribution in [0.3, 0.4) is 0 Å². The molecular weight excluding hydrogens is 370 g/mol. The van der Waals surface area contributed by atoms with E-state index < -0.39 is 10.1 Å². The first-order valence-electron chi connectivity index (χ1n) is 4.39. The maximum atomic E-state index is 11.3. The van der Waals surface area contributed by atoms with Gasteiger partial charge in [-0.3, -0.25) is 0 Å². The molecule has 0 aromatic heterocycles. The van der Waals surface area contributed by atoms with E-state index >= 15 is 0 Å². The first-order valence-corrected chi connectivity index (χ1v) is 7.49. The van der Waals surface area contributed by atoms with E-state index in [1.54, 1.807) is 12.1 Å². The third-order valence-electron chi connectivity index (χ3n) is 1.70. The average Bonchev–Trinajstić information content (AvgIpc) is 2.21. The van der Waals surface area contributed by atoms with Crippen LogP contribution in [0.15, 0.2) is 24.3 Å². The molecule has 0 radical (unpaired) electrons. The van der Waals surface area contributed by atoms with E-state index in [4.69, 9.17) is 4.18 Å². The molecule has 0 aliphatic rings. The van der Waals surface area contributed by atoms with Crippen LogP contribution in [-0.4, -0.2) is 18.6 Å². The Hall–Kier alpha value is 0.620. The van der Waals surface area contributed by atoms with Crippen molar-refractivity contribution in [3.05, 3.63) is 29.8 Å². The second-order valence-corrected chi connectivity index (χ2v) is 5.71. The smallest absolute Gasteiger partial charge is 0.723 e. The zero-order valence-corrected chi connectivity index (χ0v) is 14.2. The molecule has 0 aliphatic heterocycles. The first kappa shape index (κ1) is 17.6. The second-order valence-electron chi connectivity index (χ2n) is 2.94. The summed E-state index contributed by atoms with van der Waals surface area (Å²) in [6.45, 7) is -0.0548. The van der Waals surface area contributed by atoms with Crippen molar-refractivity contribution in [2.24, 2.45) is 0 Å². The molecule has 0 fully saturated rings. The molecule has 0 saturated heterocycles. The molecule has 0 heterocycles. The molecule has 0 N–H and O–H groups in total. The van der Waals surface area contributed by atoms with Crippen molar-refractivity contribution in [1.29, 1.82) is 0 Å². The number of hydrogen-bond acceptors (Lipinski definition) is 5. The minimum atomic E-state index is -3.51. The zero-order chi connectivity index (χ0) is 12.0. The van der Waals surface area contributed by atoms with Crippen LogP contribution in [0.5, 0.6) is 5.75 Å². The molecule has 5 nitrogen and oxygen atoms in total. The van der Waals surface area contributed by atoms with Gasteiger partial charge in [-0.1, -0.05) is 34.7 Å². The van der Waals surface area contributed by atoms with Gasteiger partial charge in [0.1, 0.15) is 5.75 Å². The standard InChI is InChI=1S/C9H11IO5S.Na/c10-5-6-16(12,13)15-9-3-1-8(2-4-9)7-14-11;/h1-4,11H,5-7H2;/q;+1/p-1. The van der Waals surface area contributed by atoms with Gasteiger partial charge in [-0.05, 0) is 17.7 Å². The molecule has 1 aromatic rings. The molecule has 0 saturated carbocycles. The fourth-order valence-corrected chi connectivity index (χ4v) is 3.29. The van der Waals surface area contributed by atoms with Crippen molar-refractivity contribution in [2.75, 3.05) is 10.2 Å². The summed E-state index contributed by atoms with van der Waals surface area (Å²) in [4.78, 5) is 3.70. The summed E-state index contributed by atoms with van der Waals surface area (Å²) in [5, 5.41) is 9.87. The largest absolute Gasteiger partial charge is 1.00 e. The van der Waals surface area contributed by atoms with Gasteiger partial charge in [-0.15, -0.1) is 0 Å². The van der Waals surface area contributed by atoms with Gasteiger partial charge in [0.2, 0.25) is 0 Å². The summed E-state index contributed by atoms with van der Waals surface area (Å²) in [6.07, 6.45) is 0. The van der Waals surface area contributed by atoms with Crippen molar-refractivity contribution in [3.8, 4) is 5.75 Å². The van der Waals surface area contributed by atoms with Gasteiger partial charge in [-0.2, -0.15) is 8.42 Å². The Labute approximate surface area is 136 Å². The Morgan fingerprint density at radius 2 is 1.82 bits per heavy atom. The van der Waals surface area contributed by atoms with E-state index in [1.165, 1.54) is 12.1 Å². The Balaban J connectivity index is 0.00000256. The van der Waals surface area contributed by atoms with Crippen LogP contribution < -0.4 is 39.0 Å². The maximum Gasteiger partial charge on any atom is 1.00 e. The number of hydrogen-bond donors (Lipinski definition) is 0. The molecule has 17 heavy (non-hydrogen) atoms. The maximum absolute atomic E-state index is 11.3. The quantitative estimate of drug-likeness (QED) is 0.138. The molecular formula is C9H10INaO5S. The van der Waals surface area contributed by atoms with E-state index in [9.17, 15) is 13.7 Å². The summed E-state index contributed by atoms with van der Waals surface area (Å²) in [5.74, 6) is 0.207. The van der Waals surface area contributed by atoms with Crippen molar-refractivity contribution >= 4 is 32.7 Å². The molecule has 0 bridgehead atoms. The minimum absolute atomic E-state index is 0. The van der Waals surface area contributed by atoms with Crippen LogP contribution in [-0.2, 0) is 21.6 Å². The van der Waals surface area contributed by atoms with Gasteiger partial charge in [0.05, 0.1) is 12.4 Å². The van der Waals surface area contributed by atoms with Crippen molar-refractivity contribution in [2.45, 2.75) is 6.61 Å². The predicted molar refractivity (Wildman–Crippen MR) is 64.5 cm³/mol. The first-order chi connectivity index (χ1) is 7.57. The molecule has 1 rings (SSSR count). The van der Waals surface area contributed by atoms with E-state index in [0.29, 0.717) is 9.99 Å². The fourth-order valence-electron chi connectivity index (χ4n) is 0.992. The summed E-state index contributed by atoms with van der Waals surface area (Å²) in [7, 11) is -3.51. The second kappa shape index (κ2) is 8.68. The molecule has 0 spiro atoms. The number of rotatable bonds is 6. The van der Waals surface area contributed by atoms with Gasteiger partial charge < -0.3 is 14.3 Å². The van der Waals surface area contributed by atoms with Crippen LogP contribution in [0.1, 0.15) is 5.56 Å². The normalized spacial score (nSPS) is 10.7. The summed E-state index contributed by atoms with van der Waals surface area (Å²) in [5.41, 5.74) is 0.661. The summed E-state index contributed by atoms with van der Waals surface area (Å²) in [6, 6.07) is 6.12. The van der Waals surface area contributed by atoms with Crippen LogP contribution in [0.2, 0.25) is 0 Å². The van der Waals surface area contributed by atoms with Crippen molar-refractivity contribution in [3.63, 3.8) is 0 Å². The number of alkyl halides is 1. The molecule has 90 valence electrons. The molecule has 1 aromatic carbocycles. The predicted octanol–water partition coefficient (Wildman–Crippen LogP) is -2.37. The number of benzene rings is 1. The average molecular weight is 380 g/mol. The summed E-state index contributed by atoms with van der Waals surface area (Å²) >= 11 is 1.96. The van der Waals surface area contributed by atoms with E-state index in [1.807, 2.05) is 22.6 Å². The zero-order valence-electron chi connectivity index (χ0n) is 9.26. The van der Waals surface area contributed by atoms with Gasteiger partial charge in [0.15, 0.2) is 0 Å². The molecule has 8 heteroatoms. The van der Waals surface area contributed by atoms with Crippen molar-refractivity contribution < 1.29 is 52.3 Å². The fraction of sp³-hybridized carbons (Fsp3) is 0.333. The van der Waals surface area contributed by atoms with Gasteiger partial charge in [-0.25, -0.2) is 0 Å². The Morgan fingerprint density at radius 3 is 2.29 bits per heavy atom. The molecule has 0 aliphatic carbocycles. The molecule has 0 amide bonds. The molecule has 0 unspecified atom stereocenters. The van der Waals surface area contributed by atoms with Crippen LogP contribution >= 0.6 is 22.6 Å². The third kappa shape index (κ3) is 6.94. The van der Waals surface area contributed by atoms with Gasteiger partial charge in [0, 0.05) is 4.43 Å². The van der Waals surface area contributed by atoms with Crippen LogP contribution in [0.4, 0.5) is 0 Å². The van der Waals surface area contributed by atoms with Crippen molar-refractivity contribution in [1.82, 2.24) is 0 Å². The van der Waals surface area contributed by atoms with Gasteiger partial charge >= 0.3 is 39.7 Å². The molecule has 0 atom stereocenters. The minimum Gasteiger partial charge on any atom is -0.723 e. The van der Waals surface area contributed by atoms with E-state index in [0.717, 1.165) is 0 Å². The topological polar surface area (TPSA) is 75.7 Å². The van der Waals surface area contributed by atoms with Crippen LogP contribution in [0, 0.1) is 0 Å². The Kier molecular flexibility index (Phi) is 8.99. The van der Waals surface area contributed by atoms with E-state index in [2.05, 4.69) is 4.89 Å². The SMILES string of the molecule is O=S(=O)(CCI)Oc1ccc(CO[O-])cc1.[Na+]. The number of halogens is 1. The van der Waals surface area contributed by atoms with Crippen LogP contribution in [0.25, 0.3) is 0 Å². The van der Waals surface area contributed by atoms with Gasteiger partial charge in [0.25, 0.3) is 0 Å². The summed E-state index contributed by atoms with van der Waals surface area (Å²) < 4.78 is 27.9. The Morgan fingerprint density at radius 1 is 1.24 bits per heavy atom. The monoisotopic (exact) mass is 380 g/mol. The Bertz CT molecular complexity index is 420.